The van der Waals surface area contributed by atoms with E-state index in [0.29, 0.717) is 30.5 Å². The van der Waals surface area contributed by atoms with Crippen LogP contribution in [-0.2, 0) is 6.54 Å². The molecule has 9 nitrogen and oxygen atoms in total. The van der Waals surface area contributed by atoms with E-state index >= 15 is 0 Å². The van der Waals surface area contributed by atoms with Crippen LogP contribution in [0.15, 0.2) is 66.0 Å². The number of hydrogen-bond acceptors (Lipinski definition) is 7. The largest absolute Gasteiger partial charge is 0.490 e. The van der Waals surface area contributed by atoms with E-state index in [1.807, 2.05) is 55.6 Å². The number of aromatic nitrogens is 3. The Morgan fingerprint density at radius 1 is 0.970 bits per heavy atom. The average molecular weight is 448 g/mol. The topological polar surface area (TPSA) is 88.0 Å². The minimum atomic E-state index is 0.523. The zero-order valence-corrected chi connectivity index (χ0v) is 19.0. The normalized spacial score (nSPS) is 14.2. The summed E-state index contributed by atoms with van der Waals surface area (Å²) in [5.41, 5.74) is 1.04. The standard InChI is InChI=1S/C24H29N7O2/c1-3-32-20-7-4-5-8-21(20)33-22-10-9-19(17-28-22)18-29-23(25-2)30-13-15-31(16-14-30)24-26-11-6-12-27-24/h4-12,17H,3,13-16,18H2,1-2H3,(H,25,29). The van der Waals surface area contributed by atoms with Crippen LogP contribution in [0, 0.1) is 0 Å². The minimum Gasteiger partial charge on any atom is -0.490 e. The van der Waals surface area contributed by atoms with Crippen LogP contribution in [-0.4, -0.2) is 65.6 Å². The Morgan fingerprint density at radius 2 is 1.73 bits per heavy atom. The van der Waals surface area contributed by atoms with E-state index < -0.39 is 0 Å². The predicted octanol–water partition coefficient (Wildman–Crippen LogP) is 2.96. The molecule has 4 rings (SSSR count). The highest BCUT2D eigenvalue weighted by molar-refractivity contribution is 5.80. The highest BCUT2D eigenvalue weighted by atomic mass is 16.5. The molecule has 1 N–H and O–H groups in total. The smallest absolute Gasteiger partial charge is 0.225 e. The van der Waals surface area contributed by atoms with Crippen molar-refractivity contribution in [3.8, 4) is 17.4 Å². The SMILES string of the molecule is CCOc1ccccc1Oc1ccc(CNC(=NC)N2CCN(c3ncccn3)CC2)cn1. The molecule has 33 heavy (non-hydrogen) atoms. The summed E-state index contributed by atoms with van der Waals surface area (Å²) in [4.78, 5) is 22.0. The first-order valence-corrected chi connectivity index (χ1v) is 11.1. The van der Waals surface area contributed by atoms with Gasteiger partial charge in [0, 0.05) is 64.4 Å². The number of pyridine rings is 1. The first-order chi connectivity index (χ1) is 16.3. The number of rotatable bonds is 7. The van der Waals surface area contributed by atoms with E-state index in [1.54, 1.807) is 19.4 Å². The van der Waals surface area contributed by atoms with Crippen molar-refractivity contribution in [2.24, 2.45) is 4.99 Å². The van der Waals surface area contributed by atoms with Gasteiger partial charge in [0.15, 0.2) is 17.5 Å². The van der Waals surface area contributed by atoms with Crippen LogP contribution >= 0.6 is 0 Å². The molecule has 1 saturated heterocycles. The van der Waals surface area contributed by atoms with Crippen LogP contribution in [0.25, 0.3) is 0 Å². The maximum Gasteiger partial charge on any atom is 0.225 e. The van der Waals surface area contributed by atoms with Gasteiger partial charge in [-0.1, -0.05) is 18.2 Å². The predicted molar refractivity (Wildman–Crippen MR) is 128 cm³/mol. The molecule has 3 aromatic rings. The zero-order chi connectivity index (χ0) is 22.9. The van der Waals surface area contributed by atoms with Crippen molar-refractivity contribution in [3.63, 3.8) is 0 Å². The quantitative estimate of drug-likeness (QED) is 0.437. The van der Waals surface area contributed by atoms with Gasteiger partial charge in [0.1, 0.15) is 0 Å². The number of ether oxygens (including phenoxy) is 2. The molecule has 1 fully saturated rings. The molecule has 0 saturated carbocycles. The third-order valence-electron chi connectivity index (χ3n) is 5.24. The summed E-state index contributed by atoms with van der Waals surface area (Å²) in [7, 11) is 1.81. The Kier molecular flexibility index (Phi) is 7.52. The van der Waals surface area contributed by atoms with Gasteiger partial charge in [-0.25, -0.2) is 15.0 Å². The van der Waals surface area contributed by atoms with E-state index in [4.69, 9.17) is 9.47 Å². The first kappa shape index (κ1) is 22.3. The number of piperazine rings is 1. The summed E-state index contributed by atoms with van der Waals surface area (Å²) in [6.45, 7) is 6.54. The highest BCUT2D eigenvalue weighted by Crippen LogP contribution is 2.30. The van der Waals surface area contributed by atoms with Gasteiger partial charge in [-0.3, -0.25) is 4.99 Å². The van der Waals surface area contributed by atoms with Crippen molar-refractivity contribution >= 4 is 11.9 Å². The number of anilines is 1. The maximum atomic E-state index is 5.90. The van der Waals surface area contributed by atoms with Gasteiger partial charge in [0.05, 0.1) is 6.61 Å². The second-order valence-corrected chi connectivity index (χ2v) is 7.41. The van der Waals surface area contributed by atoms with Crippen LogP contribution in [0.4, 0.5) is 5.95 Å². The number of nitrogens with one attached hydrogen (secondary N) is 1. The minimum absolute atomic E-state index is 0.523. The summed E-state index contributed by atoms with van der Waals surface area (Å²) in [5.74, 6) is 3.52. The second kappa shape index (κ2) is 11.1. The molecule has 1 aromatic carbocycles. The number of nitrogens with zero attached hydrogens (tertiary/aromatic N) is 6. The van der Waals surface area contributed by atoms with Gasteiger partial charge in [-0.05, 0) is 30.7 Å². The summed E-state index contributed by atoms with van der Waals surface area (Å²) < 4.78 is 11.5. The van der Waals surface area contributed by atoms with Gasteiger partial charge in [-0.15, -0.1) is 0 Å². The third kappa shape index (κ3) is 5.88. The van der Waals surface area contributed by atoms with E-state index in [-0.39, 0.29) is 0 Å². The summed E-state index contributed by atoms with van der Waals surface area (Å²) >= 11 is 0. The van der Waals surface area contributed by atoms with Crippen LogP contribution in [0.3, 0.4) is 0 Å². The van der Waals surface area contributed by atoms with Gasteiger partial charge in [-0.2, -0.15) is 0 Å². The molecular weight excluding hydrogens is 418 g/mol. The Morgan fingerprint density at radius 3 is 2.39 bits per heavy atom. The monoisotopic (exact) mass is 447 g/mol. The van der Waals surface area contributed by atoms with Gasteiger partial charge in [0.2, 0.25) is 11.8 Å². The number of guanidine groups is 1. The van der Waals surface area contributed by atoms with E-state index in [1.165, 1.54) is 0 Å². The van der Waals surface area contributed by atoms with Crippen molar-refractivity contribution in [1.29, 1.82) is 0 Å². The fourth-order valence-corrected chi connectivity index (χ4v) is 3.58. The van der Waals surface area contributed by atoms with Crippen molar-refractivity contribution < 1.29 is 9.47 Å². The maximum absolute atomic E-state index is 5.90. The van der Waals surface area contributed by atoms with Gasteiger partial charge in [0.25, 0.3) is 0 Å². The Labute approximate surface area is 194 Å². The molecule has 2 aromatic heterocycles. The van der Waals surface area contributed by atoms with E-state index in [2.05, 4.69) is 35.1 Å². The fourth-order valence-electron chi connectivity index (χ4n) is 3.58. The molecule has 0 unspecified atom stereocenters. The molecule has 0 aliphatic carbocycles. The lowest BCUT2D eigenvalue weighted by Crippen LogP contribution is -2.52. The fraction of sp³-hybridized carbons (Fsp3) is 0.333. The van der Waals surface area contributed by atoms with Crippen LogP contribution in [0.1, 0.15) is 12.5 Å². The van der Waals surface area contributed by atoms with Crippen molar-refractivity contribution in [1.82, 2.24) is 25.2 Å². The summed E-state index contributed by atoms with van der Waals surface area (Å²) in [6.07, 6.45) is 5.36. The van der Waals surface area contributed by atoms with Gasteiger partial charge < -0.3 is 24.6 Å². The van der Waals surface area contributed by atoms with E-state index in [9.17, 15) is 0 Å². The van der Waals surface area contributed by atoms with Crippen LogP contribution in [0.5, 0.6) is 17.4 Å². The van der Waals surface area contributed by atoms with Crippen LogP contribution in [0.2, 0.25) is 0 Å². The molecule has 172 valence electrons. The third-order valence-corrected chi connectivity index (χ3v) is 5.24. The lowest BCUT2D eigenvalue weighted by Gasteiger charge is -2.36. The lowest BCUT2D eigenvalue weighted by atomic mass is 10.3. The molecule has 1 aliphatic rings. The number of benzene rings is 1. The highest BCUT2D eigenvalue weighted by Gasteiger charge is 2.21. The molecule has 9 heteroatoms. The molecular formula is C24H29N7O2. The molecule has 0 amide bonds. The number of para-hydroxylation sites is 2. The summed E-state index contributed by atoms with van der Waals surface area (Å²) in [6, 6.07) is 13.3. The van der Waals surface area contributed by atoms with Crippen molar-refractivity contribution in [3.05, 3.63) is 66.6 Å². The van der Waals surface area contributed by atoms with Gasteiger partial charge >= 0.3 is 0 Å². The molecule has 0 bridgehead atoms. The van der Waals surface area contributed by atoms with Crippen molar-refractivity contribution in [2.45, 2.75) is 13.5 Å². The lowest BCUT2D eigenvalue weighted by molar-refractivity contribution is 0.319. The molecule has 0 atom stereocenters. The second-order valence-electron chi connectivity index (χ2n) is 7.41. The summed E-state index contributed by atoms with van der Waals surface area (Å²) in [5, 5.41) is 3.43. The average Bonchev–Trinajstić information content (AvgIpc) is 2.88. The van der Waals surface area contributed by atoms with E-state index in [0.717, 1.165) is 43.7 Å². The number of aliphatic imine (C=N–C) groups is 1. The van der Waals surface area contributed by atoms with Crippen LogP contribution < -0.4 is 19.7 Å². The Balaban J connectivity index is 1.29. The zero-order valence-electron chi connectivity index (χ0n) is 19.0. The number of hydrogen-bond donors (Lipinski definition) is 1. The molecule has 0 spiro atoms. The molecule has 0 radical (unpaired) electrons. The Bertz CT molecular complexity index is 1040. The van der Waals surface area contributed by atoms with Crippen molar-refractivity contribution in [2.75, 3.05) is 44.7 Å². The first-order valence-electron chi connectivity index (χ1n) is 11.1. The molecule has 1 aliphatic heterocycles. The Hall–Kier alpha value is -3.88. The molecule has 3 heterocycles.